The second kappa shape index (κ2) is 17.9. The minimum absolute atomic E-state index is 0.00847. The molecule has 270 valence electrons. The average molecular weight is 711 g/mol. The standard InChI is InChI=1S/C17H15NO3.C15H14N2O.C11H13NO2/c1-2-20-17(19)13-8-12-10-16(18-11-14(12)9-13)21-15-6-4-3-5-7-15;16-9-11-6-12-8-15(17-10-13(12)7-11)18-14-4-2-1-3-5-14;1-2-14-11(13)9-5-8-3-4-12-7-10(8)6-9/h3-8,10-11H,2,9H2,1H3;1-6,8,10H,7,9,16H2;3-4,7,9H,2,5-6H2,1H3. The molecule has 3 heterocycles. The summed E-state index contributed by atoms with van der Waals surface area (Å²) in [4.78, 5) is 35.9. The highest BCUT2D eigenvalue weighted by Crippen LogP contribution is 2.30. The Bertz CT molecular complexity index is 2070. The zero-order valence-corrected chi connectivity index (χ0v) is 29.9. The van der Waals surface area contributed by atoms with E-state index in [-0.39, 0.29) is 17.9 Å². The molecule has 8 rings (SSSR count). The Morgan fingerprint density at radius 1 is 0.698 bits per heavy atom. The summed E-state index contributed by atoms with van der Waals surface area (Å²) < 4.78 is 21.4. The molecule has 3 aromatic heterocycles. The molecule has 0 amide bonds. The summed E-state index contributed by atoms with van der Waals surface area (Å²) in [6, 6.07) is 24.9. The van der Waals surface area contributed by atoms with Crippen LogP contribution in [0.2, 0.25) is 0 Å². The number of hydrogen-bond donors (Lipinski definition) is 1. The minimum Gasteiger partial charge on any atom is -0.466 e. The third kappa shape index (κ3) is 9.81. The van der Waals surface area contributed by atoms with E-state index in [2.05, 4.69) is 21.0 Å². The van der Waals surface area contributed by atoms with Crippen molar-refractivity contribution >= 4 is 24.1 Å². The number of aromatic nitrogens is 3. The van der Waals surface area contributed by atoms with Crippen LogP contribution in [-0.4, -0.2) is 46.6 Å². The fourth-order valence-electron chi connectivity index (χ4n) is 6.17. The number of carbonyl (C=O) groups is 2. The van der Waals surface area contributed by atoms with Gasteiger partial charge in [-0.1, -0.05) is 48.0 Å². The van der Waals surface area contributed by atoms with E-state index in [1.807, 2.05) is 104 Å². The zero-order chi connectivity index (χ0) is 37.0. The van der Waals surface area contributed by atoms with Crippen molar-refractivity contribution in [3.63, 3.8) is 0 Å². The van der Waals surface area contributed by atoms with Gasteiger partial charge >= 0.3 is 11.9 Å². The Balaban J connectivity index is 0.000000139. The maximum Gasteiger partial charge on any atom is 0.334 e. The predicted octanol–water partition coefficient (Wildman–Crippen LogP) is 7.51. The molecule has 0 saturated heterocycles. The average Bonchev–Trinajstić information content (AvgIpc) is 3.93. The molecule has 0 bridgehead atoms. The van der Waals surface area contributed by atoms with Crippen molar-refractivity contribution in [1.82, 2.24) is 15.0 Å². The van der Waals surface area contributed by atoms with Gasteiger partial charge in [-0.2, -0.15) is 0 Å². The largest absolute Gasteiger partial charge is 0.466 e. The van der Waals surface area contributed by atoms with Gasteiger partial charge in [0.25, 0.3) is 0 Å². The fraction of sp³-hybridized carbons (Fsp3) is 0.233. The van der Waals surface area contributed by atoms with Crippen LogP contribution in [-0.2, 0) is 44.7 Å². The van der Waals surface area contributed by atoms with Crippen LogP contribution in [0.3, 0.4) is 0 Å². The molecule has 3 aliphatic rings. The zero-order valence-electron chi connectivity index (χ0n) is 29.9. The van der Waals surface area contributed by atoms with E-state index in [9.17, 15) is 9.59 Å². The van der Waals surface area contributed by atoms with E-state index in [0.717, 1.165) is 47.5 Å². The Labute approximate surface area is 309 Å². The SMILES string of the molecule is CCOC(=O)C1=Cc2cc(Oc3ccccc3)ncc2C1.CCOC(=O)C1Cc2ccncc2C1.NCC1=Cc2cc(Oc3ccccc3)ncc2C1. The predicted molar refractivity (Wildman–Crippen MR) is 202 cm³/mol. The third-order valence-corrected chi connectivity index (χ3v) is 8.77. The molecule has 1 unspecified atom stereocenters. The highest BCUT2D eigenvalue weighted by Gasteiger charge is 2.28. The van der Waals surface area contributed by atoms with Gasteiger partial charge < -0.3 is 24.7 Å². The molecule has 10 heteroatoms. The van der Waals surface area contributed by atoms with Gasteiger partial charge in [0, 0.05) is 55.5 Å². The first-order chi connectivity index (χ1) is 25.9. The summed E-state index contributed by atoms with van der Waals surface area (Å²) in [7, 11) is 0. The van der Waals surface area contributed by atoms with Crippen molar-refractivity contribution in [1.29, 1.82) is 0 Å². The van der Waals surface area contributed by atoms with Crippen LogP contribution in [0.25, 0.3) is 12.2 Å². The quantitative estimate of drug-likeness (QED) is 0.153. The molecule has 2 aromatic carbocycles. The molecule has 3 aliphatic carbocycles. The van der Waals surface area contributed by atoms with Crippen molar-refractivity contribution in [2.45, 2.75) is 39.5 Å². The van der Waals surface area contributed by atoms with Crippen LogP contribution in [0.1, 0.15) is 47.2 Å². The van der Waals surface area contributed by atoms with E-state index in [4.69, 9.17) is 24.7 Å². The molecule has 0 radical (unpaired) electrons. The molecule has 2 N–H and O–H groups in total. The Kier molecular flexibility index (Phi) is 12.4. The number of fused-ring (bicyclic) bond motifs is 3. The lowest BCUT2D eigenvalue weighted by Gasteiger charge is -2.06. The highest BCUT2D eigenvalue weighted by molar-refractivity contribution is 5.96. The molecule has 53 heavy (non-hydrogen) atoms. The number of nitrogens with zero attached hydrogens (tertiary/aromatic N) is 3. The van der Waals surface area contributed by atoms with Gasteiger partial charge in [0.2, 0.25) is 11.8 Å². The van der Waals surface area contributed by atoms with Gasteiger partial charge in [0.1, 0.15) is 11.5 Å². The van der Waals surface area contributed by atoms with Crippen LogP contribution in [0.5, 0.6) is 23.3 Å². The van der Waals surface area contributed by atoms with Crippen molar-refractivity contribution in [3.05, 3.63) is 148 Å². The van der Waals surface area contributed by atoms with Gasteiger partial charge in [0.15, 0.2) is 0 Å². The molecule has 0 spiro atoms. The molecular formula is C43H42N4O6. The maximum absolute atomic E-state index is 11.7. The van der Waals surface area contributed by atoms with Gasteiger partial charge in [-0.25, -0.2) is 14.8 Å². The molecule has 0 saturated carbocycles. The minimum atomic E-state index is -0.265. The van der Waals surface area contributed by atoms with E-state index >= 15 is 0 Å². The molecule has 0 fully saturated rings. The lowest BCUT2D eigenvalue weighted by molar-refractivity contribution is -0.147. The smallest absolute Gasteiger partial charge is 0.334 e. The monoisotopic (exact) mass is 710 g/mol. The van der Waals surface area contributed by atoms with Gasteiger partial charge in [-0.3, -0.25) is 9.78 Å². The normalized spacial score (nSPS) is 14.4. The number of pyridine rings is 3. The lowest BCUT2D eigenvalue weighted by Crippen LogP contribution is -2.17. The maximum atomic E-state index is 11.7. The summed E-state index contributed by atoms with van der Waals surface area (Å²) in [5.41, 5.74) is 14.3. The number of nitrogens with two attached hydrogens (primary N) is 1. The van der Waals surface area contributed by atoms with Crippen LogP contribution in [0.15, 0.2) is 115 Å². The molecule has 1 atom stereocenters. The lowest BCUT2D eigenvalue weighted by atomic mass is 10.1. The molecular weight excluding hydrogens is 668 g/mol. The van der Waals surface area contributed by atoms with Crippen LogP contribution in [0, 0.1) is 5.92 Å². The summed E-state index contributed by atoms with van der Waals surface area (Å²) in [6.45, 7) is 5.08. The first-order valence-corrected chi connectivity index (χ1v) is 17.7. The number of benzene rings is 2. The van der Waals surface area contributed by atoms with Crippen LogP contribution in [0.4, 0.5) is 0 Å². The Hall–Kier alpha value is -6.13. The van der Waals surface area contributed by atoms with Crippen molar-refractivity contribution < 1.29 is 28.5 Å². The van der Waals surface area contributed by atoms with Crippen molar-refractivity contribution in [2.24, 2.45) is 11.7 Å². The molecule has 10 nitrogen and oxygen atoms in total. The van der Waals surface area contributed by atoms with Gasteiger partial charge in [-0.15, -0.1) is 0 Å². The van der Waals surface area contributed by atoms with Gasteiger partial charge in [0.05, 0.1) is 19.1 Å². The van der Waals surface area contributed by atoms with Crippen LogP contribution < -0.4 is 15.2 Å². The van der Waals surface area contributed by atoms with Gasteiger partial charge in [-0.05, 0) is 103 Å². The fourth-order valence-corrected chi connectivity index (χ4v) is 6.17. The Morgan fingerprint density at radius 3 is 1.87 bits per heavy atom. The second-order valence-electron chi connectivity index (χ2n) is 12.5. The summed E-state index contributed by atoms with van der Waals surface area (Å²) in [5, 5.41) is 0. The number of hydrogen-bond acceptors (Lipinski definition) is 10. The van der Waals surface area contributed by atoms with E-state index in [1.165, 1.54) is 22.3 Å². The van der Waals surface area contributed by atoms with E-state index in [1.54, 1.807) is 19.3 Å². The van der Waals surface area contributed by atoms with Crippen molar-refractivity contribution in [2.75, 3.05) is 19.8 Å². The number of ether oxygens (including phenoxy) is 4. The Morgan fingerprint density at radius 2 is 1.28 bits per heavy atom. The van der Waals surface area contributed by atoms with E-state index in [0.29, 0.717) is 43.5 Å². The number of rotatable bonds is 9. The first kappa shape index (κ1) is 36.7. The summed E-state index contributed by atoms with van der Waals surface area (Å²) in [6.07, 6.45) is 14.2. The molecule has 5 aromatic rings. The van der Waals surface area contributed by atoms with Crippen LogP contribution >= 0.6 is 0 Å². The first-order valence-electron chi connectivity index (χ1n) is 17.7. The highest BCUT2D eigenvalue weighted by atomic mass is 16.5. The van der Waals surface area contributed by atoms with Crippen molar-refractivity contribution in [3.8, 4) is 23.3 Å². The second-order valence-corrected chi connectivity index (χ2v) is 12.5. The van der Waals surface area contributed by atoms with E-state index < -0.39 is 0 Å². The number of esters is 2. The third-order valence-electron chi connectivity index (χ3n) is 8.77. The summed E-state index contributed by atoms with van der Waals surface area (Å²) >= 11 is 0. The summed E-state index contributed by atoms with van der Waals surface area (Å²) in [5.74, 6) is 2.33. The number of carbonyl (C=O) groups excluding carboxylic acids is 2. The molecule has 0 aliphatic heterocycles. The number of para-hydroxylation sites is 2. The topological polar surface area (TPSA) is 136 Å².